The van der Waals surface area contributed by atoms with E-state index in [2.05, 4.69) is 16.6 Å². The van der Waals surface area contributed by atoms with E-state index in [1.807, 2.05) is 0 Å². The monoisotopic (exact) mass is 311 g/mol. The van der Waals surface area contributed by atoms with Gasteiger partial charge in [-0.25, -0.2) is 8.42 Å². The number of nitro groups is 1. The molecule has 0 aliphatic heterocycles. The second-order valence-electron chi connectivity index (χ2n) is 3.99. The van der Waals surface area contributed by atoms with Gasteiger partial charge in [0.15, 0.2) is 9.84 Å². The van der Waals surface area contributed by atoms with Crippen LogP contribution >= 0.6 is 0 Å². The zero-order valence-corrected chi connectivity index (χ0v) is 12.3. The van der Waals surface area contributed by atoms with E-state index in [0.717, 1.165) is 12.3 Å². The first-order valence-corrected chi connectivity index (χ1v) is 7.78. The van der Waals surface area contributed by atoms with E-state index in [9.17, 15) is 23.3 Å². The Hall–Kier alpha value is -2.40. The van der Waals surface area contributed by atoms with Crippen LogP contribution in [0.25, 0.3) is 0 Å². The summed E-state index contributed by atoms with van der Waals surface area (Å²) in [6, 6.07) is 3.42. The Labute approximate surface area is 122 Å². The first kappa shape index (κ1) is 16.7. The van der Waals surface area contributed by atoms with Crippen LogP contribution in [-0.4, -0.2) is 32.2 Å². The molecule has 8 heteroatoms. The van der Waals surface area contributed by atoms with Crippen molar-refractivity contribution in [3.8, 4) is 11.8 Å². The Morgan fingerprint density at radius 2 is 2.10 bits per heavy atom. The van der Waals surface area contributed by atoms with Crippen LogP contribution in [0, 0.1) is 22.0 Å². The molecule has 7 nitrogen and oxygen atoms in total. The molecule has 0 aliphatic carbocycles. The number of sulfone groups is 1. The lowest BCUT2D eigenvalue weighted by Crippen LogP contribution is -2.02. The maximum absolute atomic E-state index is 11.4. The number of hydrogen-bond donors (Lipinski definition) is 0. The highest BCUT2D eigenvalue weighted by Gasteiger charge is 2.17. The van der Waals surface area contributed by atoms with E-state index in [1.165, 1.54) is 12.1 Å². The Morgan fingerprint density at radius 1 is 1.43 bits per heavy atom. The second kappa shape index (κ2) is 6.85. The lowest BCUT2D eigenvalue weighted by Gasteiger charge is -2.00. The number of nitrogens with zero attached hydrogens (tertiary/aromatic N) is 1. The number of carbonyl (C=O) groups is 1. The molecule has 0 aromatic heterocycles. The summed E-state index contributed by atoms with van der Waals surface area (Å²) >= 11 is 0. The molecule has 112 valence electrons. The maximum atomic E-state index is 11.4. The number of nitro benzene ring substituents is 1. The third-order valence-corrected chi connectivity index (χ3v) is 3.47. The molecule has 0 saturated heterocycles. The molecular weight excluding hydrogens is 298 g/mol. The molecular formula is C13H13NO6S. The van der Waals surface area contributed by atoms with Crippen LogP contribution in [0.3, 0.4) is 0 Å². The number of esters is 1. The van der Waals surface area contributed by atoms with Gasteiger partial charge in [0.2, 0.25) is 0 Å². The predicted molar refractivity (Wildman–Crippen MR) is 74.3 cm³/mol. The number of ether oxygens (including phenoxy) is 1. The van der Waals surface area contributed by atoms with E-state index >= 15 is 0 Å². The van der Waals surface area contributed by atoms with Crippen LogP contribution in [0.15, 0.2) is 23.1 Å². The first-order valence-electron chi connectivity index (χ1n) is 5.88. The fourth-order valence-corrected chi connectivity index (χ4v) is 2.06. The third kappa shape index (κ3) is 4.89. The van der Waals surface area contributed by atoms with Gasteiger partial charge in [-0.1, -0.05) is 11.8 Å². The van der Waals surface area contributed by atoms with E-state index in [0.29, 0.717) is 0 Å². The highest BCUT2D eigenvalue weighted by molar-refractivity contribution is 7.90. The smallest absolute Gasteiger partial charge is 0.317 e. The van der Waals surface area contributed by atoms with Gasteiger partial charge in [-0.05, 0) is 19.1 Å². The van der Waals surface area contributed by atoms with Crippen molar-refractivity contribution in [2.45, 2.75) is 18.2 Å². The molecule has 0 bridgehead atoms. The van der Waals surface area contributed by atoms with Crippen molar-refractivity contribution >= 4 is 21.5 Å². The first-order chi connectivity index (χ1) is 9.75. The highest BCUT2D eigenvalue weighted by Crippen LogP contribution is 2.22. The minimum atomic E-state index is -3.54. The molecule has 0 spiro atoms. The lowest BCUT2D eigenvalue weighted by atomic mass is 10.2. The number of carbonyl (C=O) groups excluding carboxylic acids is 1. The van der Waals surface area contributed by atoms with Gasteiger partial charge in [0.1, 0.15) is 12.0 Å². The minimum Gasteiger partial charge on any atom is -0.465 e. The molecule has 0 atom stereocenters. The molecule has 0 fully saturated rings. The molecule has 0 aliphatic rings. The molecule has 0 heterocycles. The zero-order valence-electron chi connectivity index (χ0n) is 11.5. The Balaban J connectivity index is 3.12. The summed E-state index contributed by atoms with van der Waals surface area (Å²) in [6.45, 7) is 1.88. The van der Waals surface area contributed by atoms with Gasteiger partial charge >= 0.3 is 5.97 Å². The summed E-state index contributed by atoms with van der Waals surface area (Å²) in [5, 5.41) is 11.0. The summed E-state index contributed by atoms with van der Waals surface area (Å²) in [6.07, 6.45) is 0.761. The molecule has 1 rings (SSSR count). The SMILES string of the molecule is CCOC(=O)CC#Cc1ccc(S(C)(=O)=O)cc1[N+](=O)[O-]. The molecule has 21 heavy (non-hydrogen) atoms. The van der Waals surface area contributed by atoms with E-state index in [-0.39, 0.29) is 23.5 Å². The Kier molecular flexibility index (Phi) is 5.44. The number of rotatable bonds is 4. The van der Waals surface area contributed by atoms with Crippen LogP contribution in [0.4, 0.5) is 5.69 Å². The van der Waals surface area contributed by atoms with E-state index < -0.39 is 26.4 Å². The highest BCUT2D eigenvalue weighted by atomic mass is 32.2. The van der Waals surface area contributed by atoms with E-state index in [1.54, 1.807) is 6.92 Å². The second-order valence-corrected chi connectivity index (χ2v) is 6.01. The average Bonchev–Trinajstić information content (AvgIpc) is 2.37. The van der Waals surface area contributed by atoms with Gasteiger partial charge in [-0.3, -0.25) is 14.9 Å². The average molecular weight is 311 g/mol. The third-order valence-electron chi connectivity index (χ3n) is 2.36. The van der Waals surface area contributed by atoms with Crippen molar-refractivity contribution in [3.05, 3.63) is 33.9 Å². The Morgan fingerprint density at radius 3 is 2.62 bits per heavy atom. The largest absolute Gasteiger partial charge is 0.465 e. The van der Waals surface area contributed by atoms with Crippen LogP contribution in [0.1, 0.15) is 18.9 Å². The van der Waals surface area contributed by atoms with Crippen LogP contribution in [0.2, 0.25) is 0 Å². The minimum absolute atomic E-state index is 0.0386. The molecule has 0 amide bonds. The van der Waals surface area contributed by atoms with Crippen molar-refractivity contribution in [1.29, 1.82) is 0 Å². The van der Waals surface area contributed by atoms with Gasteiger partial charge in [0, 0.05) is 12.3 Å². The van der Waals surface area contributed by atoms with Crippen molar-refractivity contribution in [2.75, 3.05) is 12.9 Å². The van der Waals surface area contributed by atoms with Gasteiger partial charge in [-0.2, -0.15) is 0 Å². The zero-order chi connectivity index (χ0) is 16.0. The summed E-state index contributed by atoms with van der Waals surface area (Å²) < 4.78 is 27.4. The fraction of sp³-hybridized carbons (Fsp3) is 0.308. The summed E-state index contributed by atoms with van der Waals surface area (Å²) in [7, 11) is -3.54. The fourth-order valence-electron chi connectivity index (χ4n) is 1.42. The molecule has 1 aromatic carbocycles. The lowest BCUT2D eigenvalue weighted by molar-refractivity contribution is -0.385. The van der Waals surface area contributed by atoms with Crippen LogP contribution in [0.5, 0.6) is 0 Å². The molecule has 0 N–H and O–H groups in total. The molecule has 0 saturated carbocycles. The molecule has 0 unspecified atom stereocenters. The normalized spacial score (nSPS) is 10.4. The summed E-state index contributed by atoms with van der Waals surface area (Å²) in [5.74, 6) is 4.41. The van der Waals surface area contributed by atoms with Crippen LogP contribution in [-0.2, 0) is 19.4 Å². The Bertz CT molecular complexity index is 727. The van der Waals surface area contributed by atoms with Crippen molar-refractivity contribution < 1.29 is 22.9 Å². The van der Waals surface area contributed by atoms with Crippen LogP contribution < -0.4 is 0 Å². The standard InChI is InChI=1S/C13H13NO6S/c1-3-20-13(15)6-4-5-10-7-8-11(21(2,18)19)9-12(10)14(16)17/h7-9H,3,6H2,1-2H3. The maximum Gasteiger partial charge on any atom is 0.317 e. The van der Waals surface area contributed by atoms with Crippen molar-refractivity contribution in [1.82, 2.24) is 0 Å². The van der Waals surface area contributed by atoms with Crippen molar-refractivity contribution in [3.63, 3.8) is 0 Å². The van der Waals surface area contributed by atoms with Gasteiger partial charge in [0.05, 0.1) is 16.4 Å². The summed E-state index contributed by atoms with van der Waals surface area (Å²) in [4.78, 5) is 21.2. The number of benzene rings is 1. The van der Waals surface area contributed by atoms with Crippen molar-refractivity contribution in [2.24, 2.45) is 0 Å². The van der Waals surface area contributed by atoms with E-state index in [4.69, 9.17) is 0 Å². The topological polar surface area (TPSA) is 104 Å². The van der Waals surface area contributed by atoms with Gasteiger partial charge in [-0.15, -0.1) is 0 Å². The quantitative estimate of drug-likeness (QED) is 0.359. The predicted octanol–water partition coefficient (Wildman–Crippen LogP) is 1.30. The molecule has 0 radical (unpaired) electrons. The summed E-state index contributed by atoms with van der Waals surface area (Å²) in [5.41, 5.74) is -0.383. The number of hydrogen-bond acceptors (Lipinski definition) is 6. The molecule has 1 aromatic rings. The van der Waals surface area contributed by atoms with Gasteiger partial charge in [0.25, 0.3) is 5.69 Å². The van der Waals surface area contributed by atoms with Gasteiger partial charge < -0.3 is 4.74 Å².